The summed E-state index contributed by atoms with van der Waals surface area (Å²) in [5, 5.41) is 6.81. The highest BCUT2D eigenvalue weighted by atomic mass is 16.5. The second-order valence-electron chi connectivity index (χ2n) is 11.8. The third-order valence-corrected chi connectivity index (χ3v) is 8.84. The number of para-hydroxylation sites is 2. The number of ether oxygens (including phenoxy) is 2. The number of pyridine rings is 2. The van der Waals surface area contributed by atoms with Gasteiger partial charge < -0.3 is 25.0 Å². The third-order valence-electron chi connectivity index (χ3n) is 8.84. The van der Waals surface area contributed by atoms with Crippen molar-refractivity contribution < 1.29 is 19.1 Å². The molecule has 0 aliphatic carbocycles. The lowest BCUT2D eigenvalue weighted by Gasteiger charge is -2.40. The van der Waals surface area contributed by atoms with Gasteiger partial charge in [-0.3, -0.25) is 4.98 Å². The van der Waals surface area contributed by atoms with E-state index in [0.29, 0.717) is 5.82 Å². The summed E-state index contributed by atoms with van der Waals surface area (Å²) < 4.78 is 12.7. The first kappa shape index (κ1) is 34.0. The summed E-state index contributed by atoms with van der Waals surface area (Å²) in [6.45, 7) is 11.0. The highest BCUT2D eigenvalue weighted by Crippen LogP contribution is 2.43. The lowest BCUT2D eigenvalue weighted by molar-refractivity contribution is -0.191. The Balaban J connectivity index is 0.000000171. The van der Waals surface area contributed by atoms with Gasteiger partial charge in [-0.25, -0.2) is 0 Å². The molecular weight excluding hydrogens is 602 g/mol. The van der Waals surface area contributed by atoms with Gasteiger partial charge in [0.05, 0.1) is 0 Å². The van der Waals surface area contributed by atoms with Crippen molar-refractivity contribution in [3.63, 3.8) is 0 Å². The normalized spacial score (nSPS) is 17.6. The van der Waals surface area contributed by atoms with Crippen LogP contribution in [-0.4, -0.2) is 53.5 Å². The molecule has 2 fully saturated rings. The summed E-state index contributed by atoms with van der Waals surface area (Å²) in [6.07, 6.45) is 14.3. The molecule has 2 aromatic heterocycles. The van der Waals surface area contributed by atoms with E-state index >= 15 is 0 Å². The number of hydrogen-bond donors (Lipinski definition) is 2. The van der Waals surface area contributed by atoms with E-state index in [4.69, 9.17) is 25.6 Å². The number of hydrogen-bond acceptors (Lipinski definition) is 8. The van der Waals surface area contributed by atoms with Crippen molar-refractivity contribution in [2.45, 2.75) is 44.3 Å². The van der Waals surface area contributed by atoms with Crippen molar-refractivity contribution in [1.82, 2.24) is 20.6 Å². The largest absolute Gasteiger partial charge is 0.482 e. The Morgan fingerprint density at radius 1 is 0.688 bits per heavy atom. The van der Waals surface area contributed by atoms with Crippen molar-refractivity contribution in [3.05, 3.63) is 137 Å². The van der Waals surface area contributed by atoms with Crippen LogP contribution in [0.2, 0.25) is 0 Å². The van der Waals surface area contributed by atoms with Gasteiger partial charge in [-0.15, -0.1) is 4.98 Å². The highest BCUT2D eigenvalue weighted by Gasteiger charge is 2.38. The van der Waals surface area contributed by atoms with Gasteiger partial charge in [-0.1, -0.05) is 62.5 Å². The Kier molecular flexibility index (Phi) is 10.9. The molecule has 244 valence electrons. The van der Waals surface area contributed by atoms with Gasteiger partial charge in [-0.05, 0) is 73.7 Å². The molecule has 8 rings (SSSR count). The second-order valence-corrected chi connectivity index (χ2v) is 11.8. The molecule has 4 aromatic rings. The molecule has 0 saturated carbocycles. The lowest BCUT2D eigenvalue weighted by atomic mass is 9.84. The van der Waals surface area contributed by atoms with E-state index in [1.807, 2.05) is 48.8 Å². The smallest absolute Gasteiger partial charge is 0.373 e. The van der Waals surface area contributed by atoms with Crippen molar-refractivity contribution in [2.75, 3.05) is 26.2 Å². The topological polar surface area (TPSA) is 107 Å². The molecule has 9 heteroatoms. The molecule has 2 aromatic carbocycles. The average molecular weight is 642 g/mol. The first-order valence-corrected chi connectivity index (χ1v) is 15.8. The van der Waals surface area contributed by atoms with E-state index in [0.717, 1.165) is 91.2 Å². The van der Waals surface area contributed by atoms with Crippen LogP contribution in [0.1, 0.15) is 55.4 Å². The minimum atomic E-state index is -0.243. The van der Waals surface area contributed by atoms with Crippen molar-refractivity contribution in [3.8, 4) is 11.5 Å². The van der Waals surface area contributed by atoms with Crippen LogP contribution in [0, 0.1) is 6.57 Å². The molecular formula is C39H39N5O4. The number of nitrogens with zero attached hydrogens (tertiary/aromatic N) is 3. The molecule has 0 unspecified atom stereocenters. The lowest BCUT2D eigenvalue weighted by Crippen LogP contribution is -2.46. The van der Waals surface area contributed by atoms with Gasteiger partial charge in [0.25, 0.3) is 5.82 Å². The third kappa shape index (κ3) is 7.43. The molecule has 0 amide bonds. The van der Waals surface area contributed by atoms with Gasteiger partial charge in [0, 0.05) is 60.3 Å². The van der Waals surface area contributed by atoms with E-state index in [1.165, 1.54) is 5.57 Å². The molecule has 0 bridgehead atoms. The summed E-state index contributed by atoms with van der Waals surface area (Å²) in [6, 6.07) is 24.3. The maximum atomic E-state index is 8.12. The highest BCUT2D eigenvalue weighted by molar-refractivity contribution is 5.85. The van der Waals surface area contributed by atoms with Crippen LogP contribution in [0.25, 0.3) is 16.0 Å². The number of rotatable bonds is 2. The SMILES string of the molecule is C.C1=C(c2cccnc2)c2ccccc2OC12CCNCC2.O=C=O.[C-]#[N+]c1ccc(C2=CC3(CCNCC3)Oc3ccccc32)cn1. The maximum Gasteiger partial charge on any atom is 0.373 e. The van der Waals surface area contributed by atoms with Crippen LogP contribution < -0.4 is 20.1 Å². The molecule has 4 aliphatic heterocycles. The molecule has 6 heterocycles. The Morgan fingerprint density at radius 2 is 1.19 bits per heavy atom. The molecule has 0 atom stereocenters. The summed E-state index contributed by atoms with van der Waals surface area (Å²) in [7, 11) is 0. The number of piperidine rings is 2. The quantitative estimate of drug-likeness (QED) is 0.234. The van der Waals surface area contributed by atoms with E-state index in [2.05, 4.69) is 67.9 Å². The monoisotopic (exact) mass is 641 g/mol. The maximum absolute atomic E-state index is 8.12. The predicted octanol–water partition coefficient (Wildman–Crippen LogP) is 6.66. The minimum absolute atomic E-state index is 0. The summed E-state index contributed by atoms with van der Waals surface area (Å²) in [5.74, 6) is 2.34. The van der Waals surface area contributed by atoms with E-state index in [9.17, 15) is 0 Å². The molecule has 9 nitrogen and oxygen atoms in total. The summed E-state index contributed by atoms with van der Waals surface area (Å²) in [5.41, 5.74) is 6.42. The van der Waals surface area contributed by atoms with Gasteiger partial charge in [-0.2, -0.15) is 9.59 Å². The zero-order valence-corrected chi connectivity index (χ0v) is 25.9. The second kappa shape index (κ2) is 15.5. The van der Waals surface area contributed by atoms with Crippen molar-refractivity contribution in [1.29, 1.82) is 0 Å². The van der Waals surface area contributed by atoms with Crippen LogP contribution in [0.5, 0.6) is 11.5 Å². The molecule has 2 N–H and O–H groups in total. The fourth-order valence-corrected chi connectivity index (χ4v) is 6.54. The molecule has 0 radical (unpaired) electrons. The fourth-order valence-electron chi connectivity index (χ4n) is 6.54. The Bertz CT molecular complexity index is 1830. The van der Waals surface area contributed by atoms with Gasteiger partial charge in [0.2, 0.25) is 0 Å². The fraction of sp³-hybridized carbons (Fsp3) is 0.282. The van der Waals surface area contributed by atoms with Crippen LogP contribution in [0.4, 0.5) is 5.82 Å². The molecule has 2 saturated heterocycles. The predicted molar refractivity (Wildman–Crippen MR) is 184 cm³/mol. The van der Waals surface area contributed by atoms with Gasteiger partial charge >= 0.3 is 6.15 Å². The van der Waals surface area contributed by atoms with Crippen molar-refractivity contribution >= 4 is 23.1 Å². The van der Waals surface area contributed by atoms with Crippen molar-refractivity contribution in [2.24, 2.45) is 0 Å². The Morgan fingerprint density at radius 3 is 1.62 bits per heavy atom. The van der Waals surface area contributed by atoms with Gasteiger partial charge in [0.1, 0.15) is 28.9 Å². The van der Waals surface area contributed by atoms with Gasteiger partial charge in [0.15, 0.2) is 0 Å². The van der Waals surface area contributed by atoms with E-state index in [1.54, 1.807) is 12.3 Å². The summed E-state index contributed by atoms with van der Waals surface area (Å²) >= 11 is 0. The first-order chi connectivity index (χ1) is 23.1. The summed E-state index contributed by atoms with van der Waals surface area (Å²) in [4.78, 5) is 28.1. The number of nitrogens with one attached hydrogen (secondary N) is 2. The standard InChI is InChI=1S/C19H17N3O.C18H18N2O.CO2.CH4/c1-20-18-7-6-14(13-22-18)16-12-19(8-10-21-11-9-19)23-17-5-3-2-4-15(16)17;1-2-6-17-15(5-1)16(14-4-3-9-20-13-14)12-18(21-17)7-10-19-11-8-18;2-1-3;/h2-7,12-13,21H,8-11H2;1-6,9,12-13,19H,7-8,10-11H2;;1H4. The van der Waals surface area contributed by atoms with Crippen LogP contribution in [-0.2, 0) is 9.59 Å². The Labute approximate surface area is 281 Å². The van der Waals surface area contributed by atoms with E-state index < -0.39 is 0 Å². The minimum Gasteiger partial charge on any atom is -0.482 e. The average Bonchev–Trinajstić information content (AvgIpc) is 3.13. The first-order valence-electron chi connectivity index (χ1n) is 15.8. The number of aromatic nitrogens is 2. The van der Waals surface area contributed by atoms with Crippen LogP contribution in [0.3, 0.4) is 0 Å². The van der Waals surface area contributed by atoms with Crippen LogP contribution >= 0.6 is 0 Å². The number of fused-ring (bicyclic) bond motifs is 2. The molecule has 4 aliphatic rings. The zero-order valence-electron chi connectivity index (χ0n) is 25.9. The number of benzene rings is 2. The number of carbonyl (C=O) groups excluding carboxylic acids is 2. The van der Waals surface area contributed by atoms with E-state index in [-0.39, 0.29) is 24.8 Å². The molecule has 2 spiro atoms. The Hall–Kier alpha value is -5.39. The molecule has 48 heavy (non-hydrogen) atoms. The zero-order chi connectivity index (χ0) is 32.5. The van der Waals surface area contributed by atoms with Crippen LogP contribution in [0.15, 0.2) is 104 Å².